The third kappa shape index (κ3) is 6.47. The van der Waals surface area contributed by atoms with Gasteiger partial charge in [0.1, 0.15) is 12.2 Å². The Bertz CT molecular complexity index is 1040. The van der Waals surface area contributed by atoms with Crippen molar-refractivity contribution >= 4 is 0 Å². The predicted molar refractivity (Wildman–Crippen MR) is 139 cm³/mol. The molecular weight excluding hydrogens is 434 g/mol. The highest BCUT2D eigenvalue weighted by molar-refractivity contribution is 5.17. The van der Waals surface area contributed by atoms with E-state index in [0.717, 1.165) is 31.5 Å². The van der Waals surface area contributed by atoms with E-state index in [0.29, 0.717) is 19.8 Å². The third-order valence-corrected chi connectivity index (χ3v) is 6.89. The SMILES string of the molecule is C1=C[C@H]2[C@@H](OCc3ccccc3)[C@H](OCc3ccccc3)[C@@H](OCc3ccccc3)CN2CCC1. The molecule has 0 unspecified atom stereocenters. The molecule has 2 aliphatic rings. The first-order valence-corrected chi connectivity index (χ1v) is 12.7. The van der Waals surface area contributed by atoms with E-state index in [9.17, 15) is 0 Å². The summed E-state index contributed by atoms with van der Waals surface area (Å²) in [5.41, 5.74) is 3.51. The average molecular weight is 470 g/mol. The summed E-state index contributed by atoms with van der Waals surface area (Å²) >= 11 is 0. The van der Waals surface area contributed by atoms with E-state index in [1.54, 1.807) is 0 Å². The van der Waals surface area contributed by atoms with Crippen molar-refractivity contribution in [2.45, 2.75) is 57.0 Å². The fraction of sp³-hybridized carbons (Fsp3) is 0.355. The Morgan fingerprint density at radius 3 is 1.71 bits per heavy atom. The monoisotopic (exact) mass is 469 g/mol. The molecule has 1 saturated heterocycles. The van der Waals surface area contributed by atoms with E-state index in [1.165, 1.54) is 11.1 Å². The molecule has 0 saturated carbocycles. The lowest BCUT2D eigenvalue weighted by Crippen LogP contribution is -2.62. The van der Waals surface area contributed by atoms with Gasteiger partial charge in [-0.05, 0) is 36.1 Å². The topological polar surface area (TPSA) is 30.9 Å². The minimum absolute atomic E-state index is 0.0811. The summed E-state index contributed by atoms with van der Waals surface area (Å²) in [6, 6.07) is 31.3. The van der Waals surface area contributed by atoms with Gasteiger partial charge >= 0.3 is 0 Å². The first kappa shape index (κ1) is 24.0. The molecule has 0 radical (unpaired) electrons. The second-order valence-electron chi connectivity index (χ2n) is 9.41. The molecule has 0 bridgehead atoms. The Labute approximate surface area is 209 Å². The van der Waals surface area contributed by atoms with Gasteiger partial charge in [-0.15, -0.1) is 0 Å². The minimum atomic E-state index is -0.174. The van der Waals surface area contributed by atoms with Gasteiger partial charge in [-0.25, -0.2) is 0 Å². The van der Waals surface area contributed by atoms with Crippen molar-refractivity contribution in [1.29, 1.82) is 0 Å². The first-order chi connectivity index (χ1) is 17.4. The number of rotatable bonds is 9. The number of benzene rings is 3. The molecule has 0 spiro atoms. The fourth-order valence-corrected chi connectivity index (χ4v) is 5.04. The number of nitrogens with zero attached hydrogens (tertiary/aromatic N) is 1. The molecule has 0 aliphatic carbocycles. The molecule has 2 aliphatic heterocycles. The van der Waals surface area contributed by atoms with Crippen LogP contribution in [-0.4, -0.2) is 42.3 Å². The molecule has 182 valence electrons. The van der Waals surface area contributed by atoms with Gasteiger partial charge in [0.25, 0.3) is 0 Å². The van der Waals surface area contributed by atoms with Gasteiger partial charge in [0.2, 0.25) is 0 Å². The van der Waals surface area contributed by atoms with Crippen molar-refractivity contribution in [3.05, 3.63) is 120 Å². The summed E-state index contributed by atoms with van der Waals surface area (Å²) < 4.78 is 19.9. The van der Waals surface area contributed by atoms with Gasteiger partial charge in [-0.2, -0.15) is 0 Å². The van der Waals surface area contributed by atoms with Crippen LogP contribution in [0.5, 0.6) is 0 Å². The highest BCUT2D eigenvalue weighted by atomic mass is 16.6. The Kier molecular flexibility index (Phi) is 8.40. The molecule has 1 fully saturated rings. The summed E-state index contributed by atoms with van der Waals surface area (Å²) in [4.78, 5) is 2.52. The largest absolute Gasteiger partial charge is 0.369 e. The summed E-state index contributed by atoms with van der Waals surface area (Å²) in [5, 5.41) is 0. The van der Waals surface area contributed by atoms with E-state index < -0.39 is 0 Å². The van der Waals surface area contributed by atoms with Gasteiger partial charge in [-0.1, -0.05) is 103 Å². The molecule has 3 aromatic carbocycles. The second kappa shape index (κ2) is 12.3. The summed E-state index contributed by atoms with van der Waals surface area (Å²) in [6.45, 7) is 3.54. The molecule has 4 nitrogen and oxygen atoms in total. The van der Waals surface area contributed by atoms with Crippen LogP contribution in [0.15, 0.2) is 103 Å². The highest BCUT2D eigenvalue weighted by Crippen LogP contribution is 2.30. The quantitative estimate of drug-likeness (QED) is 0.372. The lowest BCUT2D eigenvalue weighted by atomic mass is 9.92. The van der Waals surface area contributed by atoms with Crippen LogP contribution in [0.3, 0.4) is 0 Å². The minimum Gasteiger partial charge on any atom is -0.369 e. The van der Waals surface area contributed by atoms with Crippen molar-refractivity contribution in [1.82, 2.24) is 4.90 Å². The lowest BCUT2D eigenvalue weighted by Gasteiger charge is -2.47. The Morgan fingerprint density at radius 2 is 1.14 bits per heavy atom. The normalized spacial score (nSPS) is 24.6. The van der Waals surface area contributed by atoms with Gasteiger partial charge in [-0.3, -0.25) is 4.90 Å². The number of allylic oxidation sites excluding steroid dienone is 1. The summed E-state index contributed by atoms with van der Waals surface area (Å²) in [6.07, 6.45) is 6.51. The van der Waals surface area contributed by atoms with Crippen molar-refractivity contribution < 1.29 is 14.2 Å². The van der Waals surface area contributed by atoms with Crippen LogP contribution in [-0.2, 0) is 34.0 Å². The summed E-state index contributed by atoms with van der Waals surface area (Å²) in [7, 11) is 0. The van der Waals surface area contributed by atoms with E-state index in [1.807, 2.05) is 18.2 Å². The van der Waals surface area contributed by atoms with Crippen molar-refractivity contribution in [3.8, 4) is 0 Å². The number of fused-ring (bicyclic) bond motifs is 1. The number of ether oxygens (including phenoxy) is 3. The molecule has 0 amide bonds. The van der Waals surface area contributed by atoms with Crippen molar-refractivity contribution in [2.75, 3.05) is 13.1 Å². The van der Waals surface area contributed by atoms with Crippen LogP contribution in [0, 0.1) is 0 Å². The zero-order valence-corrected chi connectivity index (χ0v) is 20.2. The molecule has 35 heavy (non-hydrogen) atoms. The van der Waals surface area contributed by atoms with Crippen LogP contribution in [0.1, 0.15) is 29.5 Å². The molecule has 2 heterocycles. The standard InChI is InChI=1S/C31H35NO3/c1-5-13-25(14-6-1)22-33-29-21-32-20-12-4-11-19-28(32)30(34-23-26-15-7-2-8-16-26)31(29)35-24-27-17-9-3-10-18-27/h1-3,5-11,13-19,28-31H,4,12,20-24H2/t28-,29-,30+,31+/m0/s1. The van der Waals surface area contributed by atoms with Crippen LogP contribution in [0.25, 0.3) is 0 Å². The van der Waals surface area contributed by atoms with Gasteiger partial charge < -0.3 is 14.2 Å². The first-order valence-electron chi connectivity index (χ1n) is 12.7. The Balaban J connectivity index is 1.39. The smallest absolute Gasteiger partial charge is 0.113 e. The molecule has 0 N–H and O–H groups in total. The molecular formula is C31H35NO3. The average Bonchev–Trinajstić information content (AvgIpc) is 3.16. The van der Waals surface area contributed by atoms with E-state index in [4.69, 9.17) is 14.2 Å². The van der Waals surface area contributed by atoms with Gasteiger partial charge in [0.15, 0.2) is 0 Å². The maximum absolute atomic E-state index is 6.68. The second-order valence-corrected chi connectivity index (χ2v) is 9.41. The predicted octanol–water partition coefficient (Wildman–Crippen LogP) is 5.78. The van der Waals surface area contributed by atoms with E-state index in [2.05, 4.69) is 89.8 Å². The molecule has 4 heteroatoms. The molecule has 4 atom stereocenters. The molecule has 3 aromatic rings. The number of hydrogen-bond donors (Lipinski definition) is 0. The van der Waals surface area contributed by atoms with Crippen molar-refractivity contribution in [3.63, 3.8) is 0 Å². The molecule has 5 rings (SSSR count). The number of hydrogen-bond acceptors (Lipinski definition) is 4. The number of piperidine rings is 1. The van der Waals surface area contributed by atoms with Gasteiger partial charge in [0, 0.05) is 6.54 Å². The van der Waals surface area contributed by atoms with Crippen LogP contribution >= 0.6 is 0 Å². The van der Waals surface area contributed by atoms with E-state index >= 15 is 0 Å². The maximum atomic E-state index is 6.68. The third-order valence-electron chi connectivity index (χ3n) is 6.89. The fourth-order valence-electron chi connectivity index (χ4n) is 5.04. The van der Waals surface area contributed by atoms with E-state index in [-0.39, 0.29) is 24.4 Å². The Hall–Kier alpha value is -2.76. The molecule has 0 aromatic heterocycles. The summed E-state index contributed by atoms with van der Waals surface area (Å²) in [5.74, 6) is 0. The van der Waals surface area contributed by atoms with Crippen molar-refractivity contribution in [2.24, 2.45) is 0 Å². The van der Waals surface area contributed by atoms with Crippen LogP contribution < -0.4 is 0 Å². The zero-order valence-electron chi connectivity index (χ0n) is 20.2. The van der Waals surface area contributed by atoms with Crippen LogP contribution in [0.2, 0.25) is 0 Å². The lowest BCUT2D eigenvalue weighted by molar-refractivity contribution is -0.196. The highest BCUT2D eigenvalue weighted by Gasteiger charge is 2.45. The van der Waals surface area contributed by atoms with Crippen LogP contribution in [0.4, 0.5) is 0 Å². The Morgan fingerprint density at radius 1 is 0.629 bits per heavy atom. The van der Waals surface area contributed by atoms with Gasteiger partial charge in [0.05, 0.1) is 32.0 Å². The maximum Gasteiger partial charge on any atom is 0.113 e. The zero-order chi connectivity index (χ0) is 23.7.